The summed E-state index contributed by atoms with van der Waals surface area (Å²) in [6.07, 6.45) is 2.57. The molecule has 2 fully saturated rings. The van der Waals surface area contributed by atoms with E-state index in [2.05, 4.69) is 15.1 Å². The predicted molar refractivity (Wildman–Crippen MR) is 61.5 cm³/mol. The Morgan fingerprint density at radius 1 is 1.50 bits per heavy atom. The van der Waals surface area contributed by atoms with Crippen molar-refractivity contribution in [2.45, 2.75) is 24.9 Å². The molecule has 0 saturated carbocycles. The molecule has 0 aromatic heterocycles. The summed E-state index contributed by atoms with van der Waals surface area (Å²) in [5.41, 5.74) is 0. The number of hydrogen-bond acceptors (Lipinski definition) is 4. The summed E-state index contributed by atoms with van der Waals surface area (Å²) in [4.78, 5) is 15.7. The number of aliphatic carboxylic acids is 1. The zero-order valence-electron chi connectivity index (χ0n) is 9.85. The van der Waals surface area contributed by atoms with Gasteiger partial charge in [0.05, 0.1) is 0 Å². The van der Waals surface area contributed by atoms with Crippen LogP contribution >= 0.6 is 0 Å². The highest BCUT2D eigenvalue weighted by atomic mass is 16.4. The van der Waals surface area contributed by atoms with E-state index >= 15 is 0 Å². The van der Waals surface area contributed by atoms with Gasteiger partial charge in [0.2, 0.25) is 0 Å². The van der Waals surface area contributed by atoms with Crippen LogP contribution in [-0.2, 0) is 4.79 Å². The maximum atomic E-state index is 10.9. The monoisotopic (exact) mass is 227 g/mol. The molecule has 0 aromatic carbocycles. The molecule has 2 aliphatic heterocycles. The van der Waals surface area contributed by atoms with E-state index in [-0.39, 0.29) is 0 Å². The summed E-state index contributed by atoms with van der Waals surface area (Å²) >= 11 is 0. The molecule has 2 heterocycles. The maximum absolute atomic E-state index is 10.9. The zero-order valence-corrected chi connectivity index (χ0v) is 9.85. The Bertz CT molecular complexity index is 260. The SMILES string of the molecule is CNC(CN1CCN2CCCC2C1)C(=O)O. The van der Waals surface area contributed by atoms with Gasteiger partial charge in [-0.25, -0.2) is 0 Å². The molecular formula is C11H21N3O2. The van der Waals surface area contributed by atoms with Crippen LogP contribution in [-0.4, -0.2) is 72.7 Å². The molecular weight excluding hydrogens is 206 g/mol. The van der Waals surface area contributed by atoms with Crippen LogP contribution in [0.15, 0.2) is 0 Å². The second-order valence-corrected chi connectivity index (χ2v) is 4.77. The molecule has 2 saturated heterocycles. The Morgan fingerprint density at radius 2 is 2.31 bits per heavy atom. The molecule has 2 rings (SSSR count). The number of likely N-dealkylation sites (N-methyl/N-ethyl adjacent to an activating group) is 1. The summed E-state index contributed by atoms with van der Waals surface area (Å²) < 4.78 is 0. The average Bonchev–Trinajstić information content (AvgIpc) is 2.72. The fourth-order valence-corrected chi connectivity index (χ4v) is 2.77. The molecule has 16 heavy (non-hydrogen) atoms. The molecule has 0 bridgehead atoms. The molecule has 2 aliphatic rings. The van der Waals surface area contributed by atoms with Crippen molar-refractivity contribution in [3.05, 3.63) is 0 Å². The number of nitrogens with zero attached hydrogens (tertiary/aromatic N) is 2. The lowest BCUT2D eigenvalue weighted by atomic mass is 10.1. The van der Waals surface area contributed by atoms with E-state index in [9.17, 15) is 4.79 Å². The lowest BCUT2D eigenvalue weighted by Gasteiger charge is -2.38. The molecule has 2 N–H and O–H groups in total. The van der Waals surface area contributed by atoms with Crippen molar-refractivity contribution in [2.75, 3.05) is 39.8 Å². The van der Waals surface area contributed by atoms with Crippen molar-refractivity contribution in [1.82, 2.24) is 15.1 Å². The van der Waals surface area contributed by atoms with Crippen LogP contribution in [0.5, 0.6) is 0 Å². The number of rotatable bonds is 4. The van der Waals surface area contributed by atoms with E-state index in [1.54, 1.807) is 7.05 Å². The van der Waals surface area contributed by atoms with Crippen LogP contribution in [0.4, 0.5) is 0 Å². The van der Waals surface area contributed by atoms with E-state index < -0.39 is 12.0 Å². The van der Waals surface area contributed by atoms with E-state index in [4.69, 9.17) is 5.11 Å². The van der Waals surface area contributed by atoms with Crippen molar-refractivity contribution >= 4 is 5.97 Å². The highest BCUT2D eigenvalue weighted by Gasteiger charge is 2.31. The van der Waals surface area contributed by atoms with Gasteiger partial charge in [0.1, 0.15) is 6.04 Å². The Labute approximate surface area is 96.4 Å². The third-order valence-corrected chi connectivity index (χ3v) is 3.76. The quantitative estimate of drug-likeness (QED) is 0.674. The Balaban J connectivity index is 1.84. The van der Waals surface area contributed by atoms with Gasteiger partial charge in [0, 0.05) is 32.2 Å². The fraction of sp³-hybridized carbons (Fsp3) is 0.909. The Kier molecular flexibility index (Phi) is 3.78. The molecule has 0 aliphatic carbocycles. The molecule has 0 aromatic rings. The molecule has 2 atom stereocenters. The van der Waals surface area contributed by atoms with Crippen molar-refractivity contribution < 1.29 is 9.90 Å². The van der Waals surface area contributed by atoms with Crippen molar-refractivity contribution in [3.63, 3.8) is 0 Å². The van der Waals surface area contributed by atoms with E-state index in [1.807, 2.05) is 0 Å². The van der Waals surface area contributed by atoms with E-state index in [0.29, 0.717) is 12.6 Å². The molecule has 0 radical (unpaired) electrons. The van der Waals surface area contributed by atoms with Gasteiger partial charge in [-0.1, -0.05) is 0 Å². The van der Waals surface area contributed by atoms with Crippen molar-refractivity contribution in [2.24, 2.45) is 0 Å². The van der Waals surface area contributed by atoms with Gasteiger partial charge >= 0.3 is 5.97 Å². The lowest BCUT2D eigenvalue weighted by molar-refractivity contribution is -0.140. The van der Waals surface area contributed by atoms with Gasteiger partial charge in [0.15, 0.2) is 0 Å². The van der Waals surface area contributed by atoms with Crippen LogP contribution in [0.2, 0.25) is 0 Å². The number of carboxylic acids is 1. The molecule has 92 valence electrons. The van der Waals surface area contributed by atoms with Crippen LogP contribution in [0.25, 0.3) is 0 Å². The van der Waals surface area contributed by atoms with Crippen molar-refractivity contribution in [1.29, 1.82) is 0 Å². The summed E-state index contributed by atoms with van der Waals surface area (Å²) in [7, 11) is 1.71. The smallest absolute Gasteiger partial charge is 0.322 e. The highest BCUT2D eigenvalue weighted by Crippen LogP contribution is 2.21. The highest BCUT2D eigenvalue weighted by molar-refractivity contribution is 5.73. The minimum Gasteiger partial charge on any atom is -0.480 e. The van der Waals surface area contributed by atoms with Crippen LogP contribution < -0.4 is 5.32 Å². The molecule has 5 nitrogen and oxygen atoms in total. The van der Waals surface area contributed by atoms with Crippen molar-refractivity contribution in [3.8, 4) is 0 Å². The molecule has 0 amide bonds. The van der Waals surface area contributed by atoms with Crippen LogP contribution in [0.3, 0.4) is 0 Å². The lowest BCUT2D eigenvalue weighted by Crippen LogP contribution is -2.54. The molecule has 2 unspecified atom stereocenters. The maximum Gasteiger partial charge on any atom is 0.322 e. The molecule has 5 heteroatoms. The third kappa shape index (κ3) is 2.53. The number of hydrogen-bond donors (Lipinski definition) is 2. The van der Waals surface area contributed by atoms with Gasteiger partial charge in [-0.2, -0.15) is 0 Å². The fourth-order valence-electron chi connectivity index (χ4n) is 2.77. The normalized spacial score (nSPS) is 28.9. The first-order valence-electron chi connectivity index (χ1n) is 6.07. The van der Waals surface area contributed by atoms with Gasteiger partial charge in [-0.15, -0.1) is 0 Å². The minimum atomic E-state index is -0.753. The first-order chi connectivity index (χ1) is 7.70. The second kappa shape index (κ2) is 5.12. The number of piperazine rings is 1. The summed E-state index contributed by atoms with van der Waals surface area (Å²) in [6, 6.07) is 0.230. The van der Waals surface area contributed by atoms with E-state index in [0.717, 1.165) is 19.6 Å². The van der Waals surface area contributed by atoms with E-state index in [1.165, 1.54) is 19.4 Å². The zero-order chi connectivity index (χ0) is 11.5. The number of nitrogens with one attached hydrogen (secondary N) is 1. The predicted octanol–water partition coefficient (Wildman–Crippen LogP) is -0.561. The van der Waals surface area contributed by atoms with Gasteiger partial charge < -0.3 is 10.4 Å². The van der Waals surface area contributed by atoms with Gasteiger partial charge in [-0.05, 0) is 26.4 Å². The Morgan fingerprint density at radius 3 is 3.00 bits per heavy atom. The topological polar surface area (TPSA) is 55.8 Å². The number of carboxylic acid groups (broad SMARTS) is 1. The summed E-state index contributed by atoms with van der Waals surface area (Å²) in [6.45, 7) is 4.98. The molecule has 0 spiro atoms. The average molecular weight is 227 g/mol. The van der Waals surface area contributed by atoms with Gasteiger partial charge in [0.25, 0.3) is 0 Å². The van der Waals surface area contributed by atoms with Crippen LogP contribution in [0, 0.1) is 0 Å². The first kappa shape index (κ1) is 11.8. The first-order valence-corrected chi connectivity index (χ1v) is 6.07. The van der Waals surface area contributed by atoms with Crippen LogP contribution in [0.1, 0.15) is 12.8 Å². The number of carbonyl (C=O) groups is 1. The van der Waals surface area contributed by atoms with Gasteiger partial charge in [-0.3, -0.25) is 14.6 Å². The minimum absolute atomic E-state index is 0.437. The third-order valence-electron chi connectivity index (χ3n) is 3.76. The largest absolute Gasteiger partial charge is 0.480 e. The standard InChI is InChI=1S/C11H21N3O2/c1-12-10(11(15)16)8-13-5-6-14-4-2-3-9(14)7-13/h9-10,12H,2-8H2,1H3,(H,15,16). The number of fused-ring (bicyclic) bond motifs is 1. The second-order valence-electron chi connectivity index (χ2n) is 4.77. The summed E-state index contributed by atoms with van der Waals surface area (Å²) in [5, 5.41) is 11.8. The summed E-state index contributed by atoms with van der Waals surface area (Å²) in [5.74, 6) is -0.753. The Hall–Kier alpha value is -0.650.